The normalized spacial score (nSPS) is 12.0. The van der Waals surface area contributed by atoms with Crippen molar-refractivity contribution < 1.29 is 24.5 Å². The summed E-state index contributed by atoms with van der Waals surface area (Å²) in [7, 11) is -1.37. The number of para-hydroxylation sites is 2. The van der Waals surface area contributed by atoms with Crippen LogP contribution < -0.4 is 5.19 Å². The van der Waals surface area contributed by atoms with Crippen molar-refractivity contribution in [2.24, 2.45) is 5.41 Å². The summed E-state index contributed by atoms with van der Waals surface area (Å²) < 4.78 is 9.05. The molecule has 0 bridgehead atoms. The molecule has 0 amide bonds. The van der Waals surface area contributed by atoms with Gasteiger partial charge in [-0.25, -0.2) is 0 Å². The summed E-state index contributed by atoms with van der Waals surface area (Å²) in [6.45, 7) is 27.5. The van der Waals surface area contributed by atoms with Crippen LogP contribution in [0.2, 0.25) is 19.6 Å². The van der Waals surface area contributed by atoms with Crippen molar-refractivity contribution >= 4 is 46.2 Å². The van der Waals surface area contributed by atoms with Crippen molar-refractivity contribution in [2.45, 2.75) is 100 Å². The maximum atomic E-state index is 6.68. The quantitative estimate of drug-likeness (QED) is 0.113. The fourth-order valence-corrected chi connectivity index (χ4v) is 10.5. The van der Waals surface area contributed by atoms with E-state index in [1.54, 1.807) is 0 Å². The van der Waals surface area contributed by atoms with E-state index in [0.29, 0.717) is 11.8 Å². The SMILES string of the molecule is CC(C)(C)Cc1cc(-c2[c-]cccc2)ncc1[Si](C)(C)C.Cc1ccc(C)c2c1oc1c(-c3nc4ccccc4n3-c3c(C(C)C)cc(-c4ccccc4)cc3C(C)C)[c-]ccc12.[Ir]. The monoisotopic (exact) mass is 1040 g/mol. The van der Waals surface area contributed by atoms with Crippen LogP contribution in [0.5, 0.6) is 0 Å². The van der Waals surface area contributed by atoms with Crippen molar-refractivity contribution in [1.29, 1.82) is 0 Å². The Morgan fingerprint density at radius 1 is 0.703 bits per heavy atom. The maximum Gasteiger partial charge on any atom is 0.124 e. The van der Waals surface area contributed by atoms with Gasteiger partial charge in [0.2, 0.25) is 0 Å². The number of aromatic nitrogens is 3. The molecule has 6 aromatic carbocycles. The number of imidazole rings is 1. The summed E-state index contributed by atoms with van der Waals surface area (Å²) >= 11 is 0. The molecular formula is C58H61IrN3OSi-2. The summed E-state index contributed by atoms with van der Waals surface area (Å²) in [6, 6.07) is 49.5. The van der Waals surface area contributed by atoms with Gasteiger partial charge in [-0.1, -0.05) is 145 Å². The molecule has 1 radical (unpaired) electrons. The van der Waals surface area contributed by atoms with Gasteiger partial charge in [0.1, 0.15) is 5.58 Å². The fraction of sp³-hybridized carbons (Fsp3) is 0.276. The predicted octanol–water partition coefficient (Wildman–Crippen LogP) is 15.6. The van der Waals surface area contributed by atoms with Crippen LogP contribution in [0.15, 0.2) is 132 Å². The predicted molar refractivity (Wildman–Crippen MR) is 270 cm³/mol. The van der Waals surface area contributed by atoms with Gasteiger partial charge in [0.15, 0.2) is 0 Å². The molecule has 0 saturated heterocycles. The minimum Gasteiger partial charge on any atom is -0.500 e. The zero-order valence-corrected chi connectivity index (χ0v) is 43.0. The van der Waals surface area contributed by atoms with E-state index >= 15 is 0 Å². The van der Waals surface area contributed by atoms with E-state index in [4.69, 9.17) is 14.4 Å². The number of fused-ring (bicyclic) bond motifs is 4. The first kappa shape index (κ1) is 46.6. The number of nitrogens with zero attached hydrogens (tertiary/aromatic N) is 3. The van der Waals surface area contributed by atoms with E-state index in [2.05, 4.69) is 202 Å². The zero-order chi connectivity index (χ0) is 44.8. The Balaban J connectivity index is 0.000000236. The third-order valence-electron chi connectivity index (χ3n) is 12.0. The Morgan fingerprint density at radius 3 is 2.00 bits per heavy atom. The summed E-state index contributed by atoms with van der Waals surface area (Å²) in [4.78, 5) is 9.99. The van der Waals surface area contributed by atoms with E-state index in [-0.39, 0.29) is 25.5 Å². The average molecular weight is 1040 g/mol. The van der Waals surface area contributed by atoms with Crippen molar-refractivity contribution in [3.63, 3.8) is 0 Å². The van der Waals surface area contributed by atoms with Gasteiger partial charge in [0.25, 0.3) is 0 Å². The summed E-state index contributed by atoms with van der Waals surface area (Å²) in [5.41, 5.74) is 17.2. The second-order valence-corrected chi connectivity index (χ2v) is 25.1. The van der Waals surface area contributed by atoms with Crippen LogP contribution >= 0.6 is 0 Å². The first-order valence-corrected chi connectivity index (χ1v) is 26.0. The Morgan fingerprint density at radius 2 is 1.36 bits per heavy atom. The topological polar surface area (TPSA) is 43.9 Å². The van der Waals surface area contributed by atoms with Crippen molar-refractivity contribution in [1.82, 2.24) is 14.5 Å². The van der Waals surface area contributed by atoms with Crippen molar-refractivity contribution in [2.75, 3.05) is 0 Å². The molecular weight excluding hydrogens is 975 g/mol. The summed E-state index contributed by atoms with van der Waals surface area (Å²) in [5, 5.41) is 3.75. The number of aryl methyl sites for hydroxylation is 2. The van der Waals surface area contributed by atoms with Gasteiger partial charge in [0.05, 0.1) is 30.5 Å². The third kappa shape index (κ3) is 9.38. The Kier molecular flexibility index (Phi) is 13.5. The first-order chi connectivity index (χ1) is 30.0. The van der Waals surface area contributed by atoms with Crippen LogP contribution in [0.25, 0.3) is 72.4 Å². The smallest absolute Gasteiger partial charge is 0.124 e. The Labute approximate surface area is 395 Å². The molecule has 0 N–H and O–H groups in total. The van der Waals surface area contributed by atoms with Crippen LogP contribution in [0, 0.1) is 31.4 Å². The molecule has 0 spiro atoms. The standard InChI is InChI=1S/C39H35N2O.C19H26NSi.Ir/c1-23(2)31-21-28(27-13-8-7-9-14-27)22-32(24(3)4)36(31)41-34-18-11-10-17-33(34)40-39(41)30-16-12-15-29-35-25(5)19-20-26(6)37(35)42-38(29)30;1-19(2,3)13-16-12-17(15-10-8-7-9-11-15)20-14-18(16)21(4,5)6;/h7-15,17-24H,1-6H3;7-10,12,14H,13H2,1-6H3;/q2*-1;. The molecule has 9 rings (SSSR count). The van der Waals surface area contributed by atoms with Gasteiger partial charge >= 0.3 is 0 Å². The van der Waals surface area contributed by atoms with Gasteiger partial charge in [-0.15, -0.1) is 54.1 Å². The maximum absolute atomic E-state index is 6.68. The molecule has 329 valence electrons. The number of rotatable bonds is 8. The molecule has 0 atom stereocenters. The first-order valence-electron chi connectivity index (χ1n) is 22.5. The second-order valence-electron chi connectivity index (χ2n) is 20.0. The minimum atomic E-state index is -1.37. The summed E-state index contributed by atoms with van der Waals surface area (Å²) in [5.74, 6) is 1.45. The molecule has 3 heterocycles. The average Bonchev–Trinajstić information content (AvgIpc) is 3.85. The van der Waals surface area contributed by atoms with Gasteiger partial charge in [-0.2, -0.15) is 0 Å². The number of furan rings is 1. The van der Waals surface area contributed by atoms with Gasteiger partial charge < -0.3 is 14.0 Å². The van der Waals surface area contributed by atoms with E-state index in [1.165, 1.54) is 49.6 Å². The summed E-state index contributed by atoms with van der Waals surface area (Å²) in [6.07, 6.45) is 3.21. The molecule has 0 fully saturated rings. The molecule has 0 aliphatic carbocycles. The number of pyridine rings is 1. The van der Waals surface area contributed by atoms with E-state index in [0.717, 1.165) is 62.2 Å². The van der Waals surface area contributed by atoms with Crippen LogP contribution in [0.4, 0.5) is 0 Å². The second kappa shape index (κ2) is 18.6. The number of hydrogen-bond acceptors (Lipinski definition) is 3. The van der Waals surface area contributed by atoms with E-state index < -0.39 is 8.07 Å². The number of hydrogen-bond donors (Lipinski definition) is 0. The molecule has 3 aromatic heterocycles. The number of benzene rings is 6. The largest absolute Gasteiger partial charge is 0.500 e. The van der Waals surface area contributed by atoms with Crippen LogP contribution in [0.1, 0.15) is 88.1 Å². The molecule has 64 heavy (non-hydrogen) atoms. The molecule has 0 unspecified atom stereocenters. The molecule has 0 aliphatic heterocycles. The van der Waals surface area contributed by atoms with Crippen LogP contribution in [-0.2, 0) is 26.5 Å². The third-order valence-corrected chi connectivity index (χ3v) is 14.1. The van der Waals surface area contributed by atoms with Gasteiger partial charge in [-0.05, 0) is 106 Å². The molecule has 6 heteroatoms. The van der Waals surface area contributed by atoms with E-state index in [9.17, 15) is 0 Å². The molecule has 0 saturated carbocycles. The zero-order valence-electron chi connectivity index (χ0n) is 39.6. The van der Waals surface area contributed by atoms with Crippen molar-refractivity contribution in [3.8, 4) is 39.5 Å². The molecule has 4 nitrogen and oxygen atoms in total. The van der Waals surface area contributed by atoms with Crippen LogP contribution in [-0.4, -0.2) is 22.6 Å². The van der Waals surface area contributed by atoms with Crippen molar-refractivity contribution in [3.05, 3.63) is 167 Å². The Hall–Kier alpha value is -5.39. The fourth-order valence-electron chi connectivity index (χ4n) is 8.93. The van der Waals surface area contributed by atoms with Crippen LogP contribution in [0.3, 0.4) is 0 Å². The molecule has 0 aliphatic rings. The Bertz CT molecular complexity index is 3050. The van der Waals surface area contributed by atoms with Gasteiger partial charge in [0, 0.05) is 37.4 Å². The minimum absolute atomic E-state index is 0. The van der Waals surface area contributed by atoms with E-state index in [1.807, 2.05) is 24.3 Å². The van der Waals surface area contributed by atoms with Gasteiger partial charge in [-0.3, -0.25) is 4.98 Å². The molecule has 9 aromatic rings.